The van der Waals surface area contributed by atoms with Crippen molar-refractivity contribution >= 4 is 17.6 Å². The molecule has 1 aromatic carbocycles. The molecular weight excluding hydrogens is 749 g/mol. The Hall–Kier alpha value is -2.22. The largest absolute Gasteiger partial charge is 0.466 e. The van der Waals surface area contributed by atoms with Gasteiger partial charge in [0, 0.05) is 25.5 Å². The smallest absolute Gasteiger partial charge is 0.306 e. The maximum Gasteiger partial charge on any atom is 0.306 e. The molecule has 8 nitrogen and oxygen atoms in total. The van der Waals surface area contributed by atoms with E-state index in [4.69, 9.17) is 9.47 Å². The van der Waals surface area contributed by atoms with Crippen molar-refractivity contribution in [2.24, 2.45) is 0 Å². The number of carbonyl (C=O) groups excluding carboxylic acids is 2. The van der Waals surface area contributed by atoms with Crippen LogP contribution >= 0.6 is 0 Å². The Morgan fingerprint density at radius 1 is 0.483 bits per heavy atom. The molecule has 0 radical (unpaired) electrons. The third kappa shape index (κ3) is 30.8. The minimum atomic E-state index is -0.372. The van der Waals surface area contributed by atoms with E-state index in [-0.39, 0.29) is 28.9 Å². The minimum absolute atomic E-state index is 0.00798. The normalized spacial score (nSPS) is 11.6. The molecule has 0 atom stereocenters. The summed E-state index contributed by atoms with van der Waals surface area (Å²) < 4.78 is 11.5. The van der Waals surface area contributed by atoms with Crippen LogP contribution in [0.5, 0.6) is 0 Å². The predicted octanol–water partition coefficient (Wildman–Crippen LogP) is 13.7. The van der Waals surface area contributed by atoms with Crippen molar-refractivity contribution in [2.75, 3.05) is 38.6 Å². The van der Waals surface area contributed by atoms with Crippen LogP contribution < -0.4 is 16.2 Å². The molecule has 1 N–H and O–H groups in total. The highest BCUT2D eigenvalue weighted by Gasteiger charge is 2.19. The van der Waals surface area contributed by atoms with Crippen LogP contribution in [0, 0.1) is 0 Å². The first-order valence-electron chi connectivity index (χ1n) is 25.9. The summed E-state index contributed by atoms with van der Waals surface area (Å²) in [6, 6.07) is 0. The zero-order valence-corrected chi connectivity index (χ0v) is 40.0. The Morgan fingerprint density at radius 3 is 1.37 bits per heavy atom. The number of nitrogens with zero attached hydrogens (tertiary/aromatic N) is 1. The van der Waals surface area contributed by atoms with Gasteiger partial charge in [0.15, 0.2) is 0 Å². The van der Waals surface area contributed by atoms with Gasteiger partial charge in [-0.1, -0.05) is 168 Å². The third-order valence-electron chi connectivity index (χ3n) is 12.4. The van der Waals surface area contributed by atoms with Crippen LogP contribution in [0.1, 0.15) is 257 Å². The van der Waals surface area contributed by atoms with Crippen LogP contribution in [0.4, 0.5) is 5.69 Å². The minimum Gasteiger partial charge on any atom is -0.466 e. The molecule has 0 spiro atoms. The predicted molar refractivity (Wildman–Crippen MR) is 255 cm³/mol. The molecule has 0 saturated carbocycles. The second-order valence-electron chi connectivity index (χ2n) is 18.0. The molecule has 0 aliphatic carbocycles. The lowest BCUT2D eigenvalue weighted by Crippen LogP contribution is -2.37. The van der Waals surface area contributed by atoms with Crippen molar-refractivity contribution in [1.82, 2.24) is 4.90 Å². The SMILES string of the molecule is CCCCCCCCCOC(=O)CCCCCCCN(CCCCCCCC(=O)OC(CCCCCCCC)CCCCCCCC)CCCCCc1c(NC)c(=O)c1=O. The van der Waals surface area contributed by atoms with Crippen LogP contribution in [0.3, 0.4) is 0 Å². The monoisotopic (exact) mass is 845 g/mol. The average Bonchev–Trinajstić information content (AvgIpc) is 3.24. The number of hydrogen-bond donors (Lipinski definition) is 1. The summed E-state index contributed by atoms with van der Waals surface area (Å²) in [5.74, 6) is -0.0290. The number of hydrogen-bond acceptors (Lipinski definition) is 8. The summed E-state index contributed by atoms with van der Waals surface area (Å²) in [6.07, 6.45) is 41.8. The van der Waals surface area contributed by atoms with Crippen LogP contribution in [0.15, 0.2) is 9.59 Å². The zero-order chi connectivity index (χ0) is 43.7. The number of ether oxygens (including phenoxy) is 2. The number of rotatable bonds is 46. The number of anilines is 1. The second kappa shape index (κ2) is 40.8. The maximum atomic E-state index is 12.9. The van der Waals surface area contributed by atoms with Crippen molar-refractivity contribution in [3.05, 3.63) is 26.0 Å². The molecular formula is C52H96N2O6. The van der Waals surface area contributed by atoms with Crippen molar-refractivity contribution < 1.29 is 19.1 Å². The van der Waals surface area contributed by atoms with Gasteiger partial charge in [-0.25, -0.2) is 0 Å². The van der Waals surface area contributed by atoms with E-state index in [0.717, 1.165) is 103 Å². The highest BCUT2D eigenvalue weighted by Crippen LogP contribution is 2.19. The van der Waals surface area contributed by atoms with Gasteiger partial charge in [-0.3, -0.25) is 19.2 Å². The molecule has 60 heavy (non-hydrogen) atoms. The molecule has 0 heterocycles. The molecule has 0 aliphatic rings. The first-order valence-corrected chi connectivity index (χ1v) is 25.9. The summed E-state index contributed by atoms with van der Waals surface area (Å²) in [4.78, 5) is 51.3. The average molecular weight is 845 g/mol. The number of unbranched alkanes of at least 4 members (excludes halogenated alkanes) is 26. The summed E-state index contributed by atoms with van der Waals surface area (Å²) in [7, 11) is 1.71. The lowest BCUT2D eigenvalue weighted by atomic mass is 10.0. The Kier molecular flexibility index (Phi) is 38.0. The van der Waals surface area contributed by atoms with Gasteiger partial charge in [-0.2, -0.15) is 0 Å². The van der Waals surface area contributed by atoms with Crippen molar-refractivity contribution in [2.45, 2.75) is 264 Å². The fraction of sp³-hybridized carbons (Fsp3) is 0.885. The van der Waals surface area contributed by atoms with E-state index in [1.807, 2.05) is 0 Å². The van der Waals surface area contributed by atoms with Gasteiger partial charge in [0.05, 0.1) is 12.3 Å². The van der Waals surface area contributed by atoms with Crippen LogP contribution in [0.2, 0.25) is 0 Å². The molecule has 1 aromatic rings. The molecule has 0 aliphatic heterocycles. The van der Waals surface area contributed by atoms with Crippen molar-refractivity contribution in [3.63, 3.8) is 0 Å². The molecule has 0 bridgehead atoms. The fourth-order valence-electron chi connectivity index (χ4n) is 8.49. The molecule has 1 rings (SSSR count). The van der Waals surface area contributed by atoms with E-state index in [1.165, 1.54) is 135 Å². The van der Waals surface area contributed by atoms with E-state index < -0.39 is 0 Å². The highest BCUT2D eigenvalue weighted by atomic mass is 16.5. The molecule has 0 saturated heterocycles. The molecule has 0 fully saturated rings. The van der Waals surface area contributed by atoms with E-state index in [1.54, 1.807) is 7.05 Å². The summed E-state index contributed by atoms with van der Waals surface area (Å²) in [6.45, 7) is 10.6. The first kappa shape index (κ1) is 55.8. The Balaban J connectivity index is 2.36. The van der Waals surface area contributed by atoms with E-state index in [0.29, 0.717) is 37.1 Å². The Morgan fingerprint density at radius 2 is 0.883 bits per heavy atom. The second-order valence-corrected chi connectivity index (χ2v) is 18.0. The van der Waals surface area contributed by atoms with Crippen molar-refractivity contribution in [3.8, 4) is 0 Å². The van der Waals surface area contributed by atoms with Gasteiger partial charge >= 0.3 is 11.9 Å². The summed E-state index contributed by atoms with van der Waals surface area (Å²) in [5.41, 5.74) is 0.503. The Bertz CT molecular complexity index is 1190. The van der Waals surface area contributed by atoms with Gasteiger partial charge < -0.3 is 19.7 Å². The number of carbonyl (C=O) groups is 2. The van der Waals surface area contributed by atoms with E-state index in [2.05, 4.69) is 31.0 Å². The fourth-order valence-corrected chi connectivity index (χ4v) is 8.49. The van der Waals surface area contributed by atoms with Gasteiger partial charge in [0.2, 0.25) is 10.9 Å². The standard InChI is InChI=1S/C52H96N2O6/c1-5-8-11-14-17-26-36-45-59-48(55)40-31-22-18-24-33-42-54(44-35-27-30-39-47-50(53-4)52(58)51(47)57)43-34-25-19-23-32-41-49(56)60-46(37-28-20-15-12-9-6-2)38-29-21-16-13-10-7-3/h46,53H,5-45H2,1-4H3. The van der Waals surface area contributed by atoms with Crippen LogP contribution in [0.25, 0.3) is 0 Å². The molecule has 0 unspecified atom stereocenters. The third-order valence-corrected chi connectivity index (χ3v) is 12.4. The Labute approximate surface area is 369 Å². The molecule has 350 valence electrons. The van der Waals surface area contributed by atoms with Crippen molar-refractivity contribution in [1.29, 1.82) is 0 Å². The molecule has 0 aromatic heterocycles. The molecule has 0 amide bonds. The maximum absolute atomic E-state index is 12.9. The van der Waals surface area contributed by atoms with Gasteiger partial charge in [-0.05, 0) is 96.7 Å². The highest BCUT2D eigenvalue weighted by molar-refractivity contribution is 5.69. The van der Waals surface area contributed by atoms with Gasteiger partial charge in [0.25, 0.3) is 0 Å². The molecule has 8 heteroatoms. The quantitative estimate of drug-likeness (QED) is 0.0393. The van der Waals surface area contributed by atoms with E-state index in [9.17, 15) is 19.2 Å². The van der Waals surface area contributed by atoms with Crippen LogP contribution in [-0.4, -0.2) is 56.2 Å². The number of esters is 2. The lowest BCUT2D eigenvalue weighted by Gasteiger charge is -2.22. The topological polar surface area (TPSA) is 102 Å². The lowest BCUT2D eigenvalue weighted by molar-refractivity contribution is -0.150. The number of nitrogens with one attached hydrogen (secondary N) is 1. The van der Waals surface area contributed by atoms with Crippen LogP contribution in [-0.2, 0) is 25.5 Å². The zero-order valence-electron chi connectivity index (χ0n) is 40.0. The summed E-state index contributed by atoms with van der Waals surface area (Å²) >= 11 is 0. The summed E-state index contributed by atoms with van der Waals surface area (Å²) in [5, 5.41) is 2.89. The first-order chi connectivity index (χ1) is 29.4. The van der Waals surface area contributed by atoms with Gasteiger partial charge in [0.1, 0.15) is 6.10 Å². The van der Waals surface area contributed by atoms with E-state index >= 15 is 0 Å². The van der Waals surface area contributed by atoms with Gasteiger partial charge in [-0.15, -0.1) is 0 Å².